The molecule has 0 aromatic heterocycles. The Kier molecular flexibility index (Phi) is 9.83. The van der Waals surface area contributed by atoms with Crippen LogP contribution in [-0.4, -0.2) is 164 Å². The molecule has 0 unspecified atom stereocenters. The molecular weight excluding hydrogens is 519 g/mol. The van der Waals surface area contributed by atoms with Crippen LogP contribution in [0.5, 0.6) is 0 Å². The Morgan fingerprint density at radius 3 is 1.68 bits per heavy atom. The number of likely N-dealkylation sites (tertiary alicyclic amines) is 1. The maximum atomic E-state index is 13.8. The van der Waals surface area contributed by atoms with Crippen molar-refractivity contribution in [3.05, 3.63) is 34.6 Å². The third-order valence-corrected chi connectivity index (χ3v) is 7.99. The molecular formula is C19H12B15ClFN3O2. The fourth-order valence-electron chi connectivity index (χ4n) is 4.42. The normalized spacial score (nSPS) is 21.3. The van der Waals surface area contributed by atoms with Crippen molar-refractivity contribution >= 4 is 141 Å². The first-order valence-corrected chi connectivity index (χ1v) is 12.1. The second-order valence-corrected chi connectivity index (χ2v) is 11.3. The van der Waals surface area contributed by atoms with Gasteiger partial charge in [0.25, 0.3) is 5.91 Å². The number of hydrogen-bond acceptors (Lipinski definition) is 3. The first kappa shape index (κ1) is 36.5. The van der Waals surface area contributed by atoms with Crippen LogP contribution >= 0.6 is 11.6 Å². The third kappa shape index (κ3) is 5.90. The lowest BCUT2D eigenvalue weighted by Gasteiger charge is -2.78. The van der Waals surface area contributed by atoms with Gasteiger partial charge in [0.1, 0.15) is 5.82 Å². The van der Waals surface area contributed by atoms with E-state index in [1.807, 2.05) is 0 Å². The number of nitrogens with zero attached hydrogens (tertiary/aromatic N) is 1. The molecule has 0 bridgehead atoms. The van der Waals surface area contributed by atoms with Crippen LogP contribution in [0.1, 0.15) is 17.3 Å². The van der Waals surface area contributed by atoms with Crippen LogP contribution in [0.4, 0.5) is 4.39 Å². The summed E-state index contributed by atoms with van der Waals surface area (Å²) in [7, 11) is 91.6. The number of hydrogen-bond donors (Lipinski definition) is 2. The van der Waals surface area contributed by atoms with E-state index in [1.165, 1.54) is 0 Å². The molecule has 2 N–H and O–H groups in total. The van der Waals surface area contributed by atoms with Gasteiger partial charge < -0.3 is 15.5 Å². The Labute approximate surface area is 266 Å². The number of nitrogens with one attached hydrogen (secondary N) is 2. The minimum absolute atomic E-state index is 0.0718. The number of carbonyl (C=O) groups excluding carboxylic acids is 2. The molecule has 1 aromatic rings. The Morgan fingerprint density at radius 2 is 1.29 bits per heavy atom. The average Bonchev–Trinajstić information content (AvgIpc) is 2.77. The fraction of sp³-hybridized carbons (Fsp3) is 0.579. The highest BCUT2D eigenvalue weighted by Crippen LogP contribution is 2.70. The molecule has 30 radical (unpaired) electrons. The summed E-state index contributed by atoms with van der Waals surface area (Å²) in [4.78, 5) is 26.6. The number of benzene rings is 1. The van der Waals surface area contributed by atoms with Crippen LogP contribution in [-0.2, 0) is 4.79 Å². The molecule has 1 heterocycles. The van der Waals surface area contributed by atoms with Gasteiger partial charge in [-0.05, 0) is 25.1 Å². The molecule has 1 aliphatic heterocycles. The monoisotopic (exact) mass is 533 g/mol. The molecule has 174 valence electrons. The highest BCUT2D eigenvalue weighted by Gasteiger charge is 2.66. The summed E-state index contributed by atoms with van der Waals surface area (Å²) in [6, 6.07) is 3.03. The van der Waals surface area contributed by atoms with Gasteiger partial charge in [-0.1, -0.05) is 38.0 Å². The van der Waals surface area contributed by atoms with Gasteiger partial charge in [0.05, 0.1) is 124 Å². The van der Waals surface area contributed by atoms with Crippen LogP contribution in [0.3, 0.4) is 0 Å². The Bertz CT molecular complexity index is 1140. The molecule has 1 aromatic carbocycles. The molecule has 1 fully saturated rings. The summed E-state index contributed by atoms with van der Waals surface area (Å²) in [5.74, 6) is -2.76. The zero-order valence-electron chi connectivity index (χ0n) is 22.3. The van der Waals surface area contributed by atoms with Crippen molar-refractivity contribution in [2.75, 3.05) is 13.1 Å². The molecule has 41 heavy (non-hydrogen) atoms. The maximum absolute atomic E-state index is 13.8. The number of carbonyl (C=O) groups is 2. The fourth-order valence-corrected chi connectivity index (χ4v) is 4.65. The Morgan fingerprint density at radius 1 is 0.854 bits per heavy atom. The molecule has 0 aliphatic carbocycles. The van der Waals surface area contributed by atoms with E-state index in [0.29, 0.717) is 4.90 Å². The van der Waals surface area contributed by atoms with E-state index < -0.39 is 72.9 Å². The smallest absolute Gasteiger partial charge is 0.251 e. The molecule has 22 heteroatoms. The van der Waals surface area contributed by atoms with Crippen LogP contribution < -0.4 is 10.6 Å². The minimum Gasteiger partial charge on any atom is -0.353 e. The quantitative estimate of drug-likeness (QED) is 0.335. The van der Waals surface area contributed by atoms with E-state index in [9.17, 15) is 14.0 Å². The van der Waals surface area contributed by atoms with Gasteiger partial charge in [0.2, 0.25) is 5.91 Å². The summed E-state index contributed by atoms with van der Waals surface area (Å²) >= 11 is 5.81. The molecule has 2 amide bonds. The summed E-state index contributed by atoms with van der Waals surface area (Å²) < 4.78 is 13.8. The van der Waals surface area contributed by atoms with Gasteiger partial charge in [-0.3, -0.25) is 9.59 Å². The van der Waals surface area contributed by atoms with Gasteiger partial charge in [0, 0.05) is 22.7 Å². The van der Waals surface area contributed by atoms with E-state index in [-0.39, 0.29) is 10.6 Å². The molecule has 0 saturated carbocycles. The van der Waals surface area contributed by atoms with Crippen molar-refractivity contribution in [3.63, 3.8) is 0 Å². The van der Waals surface area contributed by atoms with E-state index in [1.54, 1.807) is 0 Å². The highest BCUT2D eigenvalue weighted by atomic mass is 35.5. The lowest BCUT2D eigenvalue weighted by Crippen LogP contribution is -2.82. The summed E-state index contributed by atoms with van der Waals surface area (Å²) in [5.41, 5.74) is -2.29. The second-order valence-electron chi connectivity index (χ2n) is 10.8. The minimum atomic E-state index is -2.61. The Hall–Kier alpha value is -0.686. The van der Waals surface area contributed by atoms with E-state index in [2.05, 4.69) is 10.6 Å². The van der Waals surface area contributed by atoms with Crippen molar-refractivity contribution in [2.24, 2.45) is 0 Å². The van der Waals surface area contributed by atoms with E-state index >= 15 is 0 Å². The van der Waals surface area contributed by atoms with Crippen molar-refractivity contribution < 1.29 is 14.0 Å². The SMILES string of the molecule is [B]C([B])([B])C(C)(NC(=O)CN1C([B])([B])C([B])([B])C([B])(CNC(=O)c2cc(F)cc(Cl)c2)C([B])([B])C1([B])[B])C([B])([B])[B]. The first-order chi connectivity index (χ1) is 18.0. The average molecular weight is 531 g/mol. The van der Waals surface area contributed by atoms with Gasteiger partial charge in [-0.2, -0.15) is 0 Å². The lowest BCUT2D eigenvalue weighted by molar-refractivity contribution is -0.126. The van der Waals surface area contributed by atoms with Gasteiger partial charge >= 0.3 is 0 Å². The van der Waals surface area contributed by atoms with Gasteiger partial charge in [-0.25, -0.2) is 4.39 Å². The predicted molar refractivity (Wildman–Crippen MR) is 172 cm³/mol. The van der Waals surface area contributed by atoms with Crippen molar-refractivity contribution in [1.29, 1.82) is 0 Å². The van der Waals surface area contributed by atoms with Crippen LogP contribution in [0, 0.1) is 5.82 Å². The van der Waals surface area contributed by atoms with Gasteiger partial charge in [0.15, 0.2) is 0 Å². The molecule has 1 saturated heterocycles. The number of piperidine rings is 1. The second kappa shape index (κ2) is 11.0. The van der Waals surface area contributed by atoms with E-state index in [4.69, 9.17) is 129 Å². The standard InChI is InChI=1S/C19H12B15ClFN3O2/c1-12(16(25,26)27,17(28,29)30)38-10(40)5-39-18(31,32)14(21,22)13(20,15(23,24)19(39,33)34)6-37-11(41)7-2-8(35)4-9(36)3-7/h2-4H,5-6H2,1H3,(H,37,41)(H,38,40). The maximum Gasteiger partial charge on any atom is 0.251 e. The van der Waals surface area contributed by atoms with Gasteiger partial charge in [-0.15, -0.1) is 10.2 Å². The van der Waals surface area contributed by atoms with Crippen LogP contribution in [0.25, 0.3) is 0 Å². The molecule has 0 atom stereocenters. The van der Waals surface area contributed by atoms with Crippen molar-refractivity contribution in [1.82, 2.24) is 15.5 Å². The number of amides is 2. The van der Waals surface area contributed by atoms with Crippen molar-refractivity contribution in [3.8, 4) is 0 Å². The zero-order valence-corrected chi connectivity index (χ0v) is 23.1. The molecule has 5 nitrogen and oxygen atoms in total. The van der Waals surface area contributed by atoms with Crippen LogP contribution in [0.15, 0.2) is 18.2 Å². The molecule has 2 rings (SSSR count). The first-order valence-electron chi connectivity index (χ1n) is 11.7. The topological polar surface area (TPSA) is 61.4 Å². The van der Waals surface area contributed by atoms with Crippen LogP contribution in [0.2, 0.25) is 31.0 Å². The molecule has 1 aliphatic rings. The third-order valence-electron chi connectivity index (χ3n) is 7.77. The summed E-state index contributed by atoms with van der Waals surface area (Å²) in [6.45, 7) is -0.572. The zero-order chi connectivity index (χ0) is 32.4. The van der Waals surface area contributed by atoms with E-state index in [0.717, 1.165) is 25.1 Å². The van der Waals surface area contributed by atoms with Crippen molar-refractivity contribution in [2.45, 2.75) is 49.1 Å². The summed E-state index contributed by atoms with van der Waals surface area (Å²) in [6.07, 6.45) is 0. The number of halogens is 2. The molecule has 0 spiro atoms. The lowest BCUT2D eigenvalue weighted by atomic mass is 9.09. The highest BCUT2D eigenvalue weighted by molar-refractivity contribution is 6.66. The summed E-state index contributed by atoms with van der Waals surface area (Å²) in [5, 5.41) is -12.8. The number of rotatable bonds is 8. The predicted octanol–water partition coefficient (Wildman–Crippen LogP) is -4.23. The Balaban J connectivity index is 2.49. The largest absolute Gasteiger partial charge is 0.353 e.